The van der Waals surface area contributed by atoms with E-state index in [1.165, 1.54) is 13.2 Å². The molecule has 0 fully saturated rings. The van der Waals surface area contributed by atoms with Crippen molar-refractivity contribution in [1.29, 1.82) is 5.26 Å². The van der Waals surface area contributed by atoms with Gasteiger partial charge in [0, 0.05) is 23.2 Å². The maximum atomic E-state index is 13.4. The molecule has 0 saturated carbocycles. The summed E-state index contributed by atoms with van der Waals surface area (Å²) in [5.41, 5.74) is 1.58. The van der Waals surface area contributed by atoms with Crippen LogP contribution in [0.1, 0.15) is 5.56 Å². The molecule has 76 valence electrons. The first-order chi connectivity index (χ1) is 7.26. The van der Waals surface area contributed by atoms with Gasteiger partial charge in [0.05, 0.1) is 19.6 Å². The van der Waals surface area contributed by atoms with Crippen LogP contribution in [-0.2, 0) is 6.42 Å². The van der Waals surface area contributed by atoms with Gasteiger partial charge in [-0.1, -0.05) is 0 Å². The second-order valence-electron chi connectivity index (χ2n) is 3.18. The maximum Gasteiger partial charge on any atom is 0.165 e. The van der Waals surface area contributed by atoms with E-state index in [1.807, 2.05) is 6.07 Å². The number of ether oxygens (including phenoxy) is 1. The van der Waals surface area contributed by atoms with Crippen molar-refractivity contribution in [3.63, 3.8) is 0 Å². The molecule has 3 nitrogen and oxygen atoms in total. The summed E-state index contributed by atoms with van der Waals surface area (Å²) in [7, 11) is 1.42. The van der Waals surface area contributed by atoms with Gasteiger partial charge in [0.15, 0.2) is 11.6 Å². The Labute approximate surface area is 86.1 Å². The van der Waals surface area contributed by atoms with E-state index in [-0.39, 0.29) is 12.2 Å². The molecule has 0 aliphatic carbocycles. The van der Waals surface area contributed by atoms with E-state index < -0.39 is 5.82 Å². The number of methoxy groups -OCH3 is 1. The summed E-state index contributed by atoms with van der Waals surface area (Å²) in [4.78, 5) is 2.98. The fourth-order valence-electron chi connectivity index (χ4n) is 1.57. The Morgan fingerprint density at radius 3 is 3.00 bits per heavy atom. The summed E-state index contributed by atoms with van der Waals surface area (Å²) < 4.78 is 18.3. The molecule has 1 heterocycles. The number of fused-ring (bicyclic) bond motifs is 1. The van der Waals surface area contributed by atoms with Crippen molar-refractivity contribution in [3.8, 4) is 11.8 Å². The Bertz CT molecular complexity index is 539. The maximum absolute atomic E-state index is 13.4. The molecule has 0 atom stereocenters. The lowest BCUT2D eigenvalue weighted by atomic mass is 10.1. The summed E-state index contributed by atoms with van der Waals surface area (Å²) in [6.07, 6.45) is 1.98. The topological polar surface area (TPSA) is 48.8 Å². The van der Waals surface area contributed by atoms with Gasteiger partial charge >= 0.3 is 0 Å². The summed E-state index contributed by atoms with van der Waals surface area (Å²) in [6.45, 7) is 0. The quantitative estimate of drug-likeness (QED) is 0.816. The van der Waals surface area contributed by atoms with Crippen molar-refractivity contribution in [3.05, 3.63) is 29.7 Å². The highest BCUT2D eigenvalue weighted by Gasteiger charge is 2.09. The average molecular weight is 204 g/mol. The highest BCUT2D eigenvalue weighted by Crippen LogP contribution is 2.26. The van der Waals surface area contributed by atoms with Gasteiger partial charge in [-0.25, -0.2) is 4.39 Å². The van der Waals surface area contributed by atoms with Gasteiger partial charge in [0.25, 0.3) is 0 Å². The van der Waals surface area contributed by atoms with Crippen molar-refractivity contribution in [1.82, 2.24) is 4.98 Å². The number of hydrogen-bond donors (Lipinski definition) is 1. The van der Waals surface area contributed by atoms with Crippen molar-refractivity contribution in [2.24, 2.45) is 0 Å². The van der Waals surface area contributed by atoms with Crippen molar-refractivity contribution in [2.75, 3.05) is 7.11 Å². The number of nitriles is 1. The zero-order valence-corrected chi connectivity index (χ0v) is 8.17. The number of benzene rings is 1. The summed E-state index contributed by atoms with van der Waals surface area (Å²) in [5.74, 6) is -0.211. The Balaban J connectivity index is 2.63. The second-order valence-corrected chi connectivity index (χ2v) is 3.18. The number of hydrogen-bond acceptors (Lipinski definition) is 2. The minimum absolute atomic E-state index is 0.202. The Hall–Kier alpha value is -2.02. The molecule has 0 saturated heterocycles. The molecule has 0 aliphatic heterocycles. The van der Waals surface area contributed by atoms with Crippen LogP contribution in [-0.4, -0.2) is 12.1 Å². The zero-order chi connectivity index (χ0) is 10.8. The van der Waals surface area contributed by atoms with Crippen LogP contribution in [0.25, 0.3) is 10.9 Å². The smallest absolute Gasteiger partial charge is 0.165 e. The van der Waals surface area contributed by atoms with Crippen LogP contribution in [0, 0.1) is 17.1 Å². The number of aromatic nitrogens is 1. The molecule has 0 radical (unpaired) electrons. The number of aromatic amines is 1. The Morgan fingerprint density at radius 2 is 2.33 bits per heavy atom. The number of nitrogens with zero attached hydrogens (tertiary/aromatic N) is 1. The first kappa shape index (κ1) is 9.53. The minimum atomic E-state index is -0.413. The van der Waals surface area contributed by atoms with E-state index in [1.54, 1.807) is 12.3 Å². The Kier molecular flexibility index (Phi) is 2.30. The predicted molar refractivity (Wildman–Crippen MR) is 54.1 cm³/mol. The highest BCUT2D eigenvalue weighted by molar-refractivity contribution is 5.84. The zero-order valence-electron chi connectivity index (χ0n) is 8.17. The number of nitrogens with one attached hydrogen (secondary N) is 1. The van der Waals surface area contributed by atoms with E-state index in [0.717, 1.165) is 16.5 Å². The van der Waals surface area contributed by atoms with Gasteiger partial charge in [0.2, 0.25) is 0 Å². The standard InChI is InChI=1S/C11H9FN2O/c1-15-11-5-10-8(4-9(11)12)7(2-3-13)6-14-10/h4-6,14H,2H2,1H3. The van der Waals surface area contributed by atoms with E-state index in [9.17, 15) is 4.39 Å². The molecule has 1 aromatic carbocycles. The summed E-state index contributed by atoms with van der Waals surface area (Å²) in [6, 6.07) is 5.01. The van der Waals surface area contributed by atoms with Crippen LogP contribution in [0.3, 0.4) is 0 Å². The van der Waals surface area contributed by atoms with Gasteiger partial charge in [-0.15, -0.1) is 0 Å². The molecule has 0 amide bonds. The molecule has 2 aromatic rings. The van der Waals surface area contributed by atoms with Crippen LogP contribution >= 0.6 is 0 Å². The minimum Gasteiger partial charge on any atom is -0.494 e. The van der Waals surface area contributed by atoms with Crippen LogP contribution < -0.4 is 4.74 Å². The predicted octanol–water partition coefficient (Wildman–Crippen LogP) is 2.38. The molecule has 0 unspecified atom stereocenters. The Morgan fingerprint density at radius 1 is 1.53 bits per heavy atom. The van der Waals surface area contributed by atoms with Gasteiger partial charge in [-0.05, 0) is 11.6 Å². The number of H-pyrrole nitrogens is 1. The normalized spacial score (nSPS) is 10.2. The molecular formula is C11H9FN2O. The molecule has 0 aliphatic rings. The average Bonchev–Trinajstić information content (AvgIpc) is 2.61. The fraction of sp³-hybridized carbons (Fsp3) is 0.182. The second kappa shape index (κ2) is 3.62. The fourth-order valence-corrected chi connectivity index (χ4v) is 1.57. The van der Waals surface area contributed by atoms with Crippen molar-refractivity contribution >= 4 is 10.9 Å². The van der Waals surface area contributed by atoms with Crippen LogP contribution in [0.2, 0.25) is 0 Å². The van der Waals surface area contributed by atoms with Crippen molar-refractivity contribution in [2.45, 2.75) is 6.42 Å². The lowest BCUT2D eigenvalue weighted by molar-refractivity contribution is 0.387. The summed E-state index contributed by atoms with van der Waals surface area (Å²) >= 11 is 0. The van der Waals surface area contributed by atoms with Crippen LogP contribution in [0.4, 0.5) is 4.39 Å². The van der Waals surface area contributed by atoms with Crippen LogP contribution in [0.5, 0.6) is 5.75 Å². The molecule has 1 aromatic heterocycles. The SMILES string of the molecule is COc1cc2[nH]cc(CC#N)c2cc1F. The molecule has 15 heavy (non-hydrogen) atoms. The van der Waals surface area contributed by atoms with Gasteiger partial charge in [-0.3, -0.25) is 0 Å². The lowest BCUT2D eigenvalue weighted by Gasteiger charge is -2.01. The third-order valence-electron chi connectivity index (χ3n) is 2.31. The van der Waals surface area contributed by atoms with E-state index in [2.05, 4.69) is 4.98 Å². The monoisotopic (exact) mass is 204 g/mol. The van der Waals surface area contributed by atoms with E-state index in [4.69, 9.17) is 10.00 Å². The number of halogens is 1. The van der Waals surface area contributed by atoms with Gasteiger partial charge < -0.3 is 9.72 Å². The molecule has 4 heteroatoms. The van der Waals surface area contributed by atoms with Gasteiger partial charge in [-0.2, -0.15) is 5.26 Å². The molecule has 2 rings (SSSR count). The summed E-state index contributed by atoms with van der Waals surface area (Å²) in [5, 5.41) is 9.32. The van der Waals surface area contributed by atoms with E-state index >= 15 is 0 Å². The lowest BCUT2D eigenvalue weighted by Crippen LogP contribution is -1.88. The third-order valence-corrected chi connectivity index (χ3v) is 2.31. The van der Waals surface area contributed by atoms with E-state index in [0.29, 0.717) is 0 Å². The molecule has 1 N–H and O–H groups in total. The molecule has 0 spiro atoms. The first-order valence-corrected chi connectivity index (χ1v) is 4.46. The van der Waals surface area contributed by atoms with Crippen LogP contribution in [0.15, 0.2) is 18.3 Å². The molecule has 0 bridgehead atoms. The number of rotatable bonds is 2. The van der Waals surface area contributed by atoms with Crippen molar-refractivity contribution < 1.29 is 9.13 Å². The third kappa shape index (κ3) is 1.52. The van der Waals surface area contributed by atoms with Gasteiger partial charge in [0.1, 0.15) is 0 Å². The largest absolute Gasteiger partial charge is 0.494 e. The highest BCUT2D eigenvalue weighted by atomic mass is 19.1. The molecular weight excluding hydrogens is 195 g/mol. The first-order valence-electron chi connectivity index (χ1n) is 4.46.